The van der Waals surface area contributed by atoms with Gasteiger partial charge in [-0.3, -0.25) is 4.79 Å². The normalized spacial score (nSPS) is 10.5. The molecule has 0 radical (unpaired) electrons. The average molecular weight is 261 g/mol. The summed E-state index contributed by atoms with van der Waals surface area (Å²) >= 11 is 3.42. The Labute approximate surface area is 91.1 Å². The predicted molar refractivity (Wildman–Crippen MR) is 56.2 cm³/mol. The number of carbonyl (C=O) groups is 1. The number of nitrogens with zero attached hydrogens (tertiary/aromatic N) is 2. The minimum Gasteiger partial charge on any atom is -0.481 e. The predicted octanol–water partition coefficient (Wildman–Crippen LogP) is 1.76. The highest BCUT2D eigenvalue weighted by molar-refractivity contribution is 9.10. The molecule has 78 valence electrons. The second-order valence-corrected chi connectivity index (χ2v) is 3.82. The third-order valence-electron chi connectivity index (χ3n) is 2.08. The van der Waals surface area contributed by atoms with Crippen molar-refractivity contribution in [2.24, 2.45) is 7.05 Å². The number of hydrogen-bond donors (Lipinski definition) is 1. The smallest absolute Gasteiger partial charge is 0.303 e. The summed E-state index contributed by atoms with van der Waals surface area (Å²) in [6, 6.07) is 0. The zero-order valence-corrected chi connectivity index (χ0v) is 9.84. The molecule has 1 heterocycles. The highest BCUT2D eigenvalue weighted by atomic mass is 79.9. The van der Waals surface area contributed by atoms with Gasteiger partial charge in [0.2, 0.25) is 0 Å². The summed E-state index contributed by atoms with van der Waals surface area (Å²) in [6.07, 6.45) is 1.45. The highest BCUT2D eigenvalue weighted by Crippen LogP contribution is 2.18. The van der Waals surface area contributed by atoms with E-state index in [1.54, 1.807) is 0 Å². The minimum atomic E-state index is -0.790. The Morgan fingerprint density at radius 3 is 2.71 bits per heavy atom. The van der Waals surface area contributed by atoms with Crippen molar-refractivity contribution in [1.82, 2.24) is 9.55 Å². The number of carboxylic acids is 1. The van der Waals surface area contributed by atoms with Crippen LogP contribution in [0.25, 0.3) is 0 Å². The lowest BCUT2D eigenvalue weighted by Crippen LogP contribution is -2.03. The molecule has 0 aromatic carbocycles. The molecule has 1 aromatic heterocycles. The van der Waals surface area contributed by atoms with Crippen LogP contribution < -0.4 is 0 Å². The first-order chi connectivity index (χ1) is 6.56. The van der Waals surface area contributed by atoms with Crippen molar-refractivity contribution in [2.45, 2.75) is 26.2 Å². The Morgan fingerprint density at radius 1 is 1.64 bits per heavy atom. The summed E-state index contributed by atoms with van der Waals surface area (Å²) in [5.74, 6) is 0.0262. The van der Waals surface area contributed by atoms with Crippen LogP contribution in [0.1, 0.15) is 24.9 Å². The molecule has 14 heavy (non-hydrogen) atoms. The number of aromatic nitrogens is 2. The van der Waals surface area contributed by atoms with Crippen LogP contribution in [0.2, 0.25) is 0 Å². The first-order valence-corrected chi connectivity index (χ1v) is 5.27. The molecule has 1 rings (SSSR count). The topological polar surface area (TPSA) is 55.1 Å². The van der Waals surface area contributed by atoms with E-state index in [1.807, 2.05) is 18.5 Å². The van der Waals surface area contributed by atoms with Gasteiger partial charge in [0, 0.05) is 13.5 Å². The molecule has 0 spiro atoms. The maximum Gasteiger partial charge on any atom is 0.303 e. The van der Waals surface area contributed by atoms with Crippen molar-refractivity contribution < 1.29 is 9.90 Å². The molecule has 0 aliphatic carbocycles. The van der Waals surface area contributed by atoms with E-state index in [9.17, 15) is 4.79 Å². The van der Waals surface area contributed by atoms with Crippen molar-refractivity contribution in [3.8, 4) is 0 Å². The van der Waals surface area contributed by atoms with Gasteiger partial charge in [0.15, 0.2) is 0 Å². The van der Waals surface area contributed by atoms with Crippen molar-refractivity contribution >= 4 is 21.9 Å². The van der Waals surface area contributed by atoms with Gasteiger partial charge < -0.3 is 9.67 Å². The lowest BCUT2D eigenvalue weighted by Gasteiger charge is -1.99. The highest BCUT2D eigenvalue weighted by Gasteiger charge is 2.11. The first kappa shape index (κ1) is 11.2. The van der Waals surface area contributed by atoms with Gasteiger partial charge in [-0.15, -0.1) is 0 Å². The average Bonchev–Trinajstić information content (AvgIpc) is 2.41. The van der Waals surface area contributed by atoms with Crippen molar-refractivity contribution in [2.75, 3.05) is 0 Å². The third kappa shape index (κ3) is 2.35. The summed E-state index contributed by atoms with van der Waals surface area (Å²) in [6.45, 7) is 2.02. The summed E-state index contributed by atoms with van der Waals surface area (Å²) in [4.78, 5) is 14.7. The Balaban J connectivity index is 2.82. The quantitative estimate of drug-likeness (QED) is 0.898. The van der Waals surface area contributed by atoms with E-state index in [4.69, 9.17) is 5.11 Å². The standard InChI is InChI=1S/C9H13BrN2O2/c1-3-6-9(10)12(2)7(11-6)4-5-8(13)14/h3-5H2,1-2H3,(H,13,14). The van der Waals surface area contributed by atoms with E-state index >= 15 is 0 Å². The number of aliphatic carboxylic acids is 1. The minimum absolute atomic E-state index is 0.125. The Bertz CT molecular complexity index is 347. The van der Waals surface area contributed by atoms with E-state index in [-0.39, 0.29) is 6.42 Å². The maximum atomic E-state index is 10.4. The van der Waals surface area contributed by atoms with E-state index in [2.05, 4.69) is 20.9 Å². The van der Waals surface area contributed by atoms with Gasteiger partial charge >= 0.3 is 5.97 Å². The fourth-order valence-electron chi connectivity index (χ4n) is 1.25. The number of halogens is 1. The summed E-state index contributed by atoms with van der Waals surface area (Å²) in [7, 11) is 1.88. The van der Waals surface area contributed by atoms with E-state index in [1.165, 1.54) is 0 Å². The summed E-state index contributed by atoms with van der Waals surface area (Å²) in [5, 5.41) is 8.55. The lowest BCUT2D eigenvalue weighted by atomic mass is 10.3. The molecule has 0 atom stereocenters. The second kappa shape index (κ2) is 4.59. The first-order valence-electron chi connectivity index (χ1n) is 4.48. The van der Waals surface area contributed by atoms with E-state index in [0.29, 0.717) is 6.42 Å². The van der Waals surface area contributed by atoms with Crippen LogP contribution in [0.3, 0.4) is 0 Å². The molecular weight excluding hydrogens is 248 g/mol. The zero-order valence-electron chi connectivity index (χ0n) is 8.25. The maximum absolute atomic E-state index is 10.4. The van der Waals surface area contributed by atoms with Crippen molar-refractivity contribution in [1.29, 1.82) is 0 Å². The SMILES string of the molecule is CCc1nc(CCC(=O)O)n(C)c1Br. The lowest BCUT2D eigenvalue weighted by molar-refractivity contribution is -0.137. The molecule has 0 fully saturated rings. The number of rotatable bonds is 4. The Morgan fingerprint density at radius 2 is 2.29 bits per heavy atom. The number of hydrogen-bond acceptors (Lipinski definition) is 2. The molecule has 0 saturated carbocycles. The monoisotopic (exact) mass is 260 g/mol. The second-order valence-electron chi connectivity index (χ2n) is 3.07. The molecule has 0 saturated heterocycles. The van der Waals surface area contributed by atoms with Crippen molar-refractivity contribution in [3.05, 3.63) is 16.1 Å². The molecule has 0 aliphatic heterocycles. The molecule has 1 aromatic rings. The molecule has 1 N–H and O–H groups in total. The number of imidazole rings is 1. The Kier molecular flexibility index (Phi) is 3.69. The van der Waals surface area contributed by atoms with Crippen LogP contribution in [0.5, 0.6) is 0 Å². The number of aryl methyl sites for hydroxylation is 2. The molecule has 0 bridgehead atoms. The fourth-order valence-corrected chi connectivity index (χ4v) is 1.82. The van der Waals surface area contributed by atoms with Gasteiger partial charge in [-0.05, 0) is 22.4 Å². The van der Waals surface area contributed by atoms with Crippen LogP contribution in [0, 0.1) is 0 Å². The van der Waals surface area contributed by atoms with Crippen LogP contribution in [-0.2, 0) is 24.7 Å². The molecule has 0 aliphatic rings. The van der Waals surface area contributed by atoms with Gasteiger partial charge in [-0.1, -0.05) is 6.92 Å². The van der Waals surface area contributed by atoms with Crippen LogP contribution in [-0.4, -0.2) is 20.6 Å². The van der Waals surface area contributed by atoms with Gasteiger partial charge in [0.1, 0.15) is 10.4 Å². The third-order valence-corrected chi connectivity index (χ3v) is 3.07. The molecule has 0 amide bonds. The van der Waals surface area contributed by atoms with Gasteiger partial charge in [-0.2, -0.15) is 0 Å². The Hall–Kier alpha value is -0.840. The van der Waals surface area contributed by atoms with Crippen LogP contribution in [0.15, 0.2) is 4.60 Å². The summed E-state index contributed by atoms with van der Waals surface area (Å²) < 4.78 is 2.84. The molecule has 5 heteroatoms. The zero-order chi connectivity index (χ0) is 10.7. The van der Waals surface area contributed by atoms with Crippen LogP contribution in [0.4, 0.5) is 0 Å². The van der Waals surface area contributed by atoms with E-state index in [0.717, 1.165) is 22.5 Å². The molecule has 0 unspecified atom stereocenters. The molecular formula is C9H13BrN2O2. The van der Waals surface area contributed by atoms with Crippen molar-refractivity contribution in [3.63, 3.8) is 0 Å². The van der Waals surface area contributed by atoms with E-state index < -0.39 is 5.97 Å². The van der Waals surface area contributed by atoms with Crippen LogP contribution >= 0.6 is 15.9 Å². The molecule has 4 nitrogen and oxygen atoms in total. The fraction of sp³-hybridized carbons (Fsp3) is 0.556. The largest absolute Gasteiger partial charge is 0.481 e. The van der Waals surface area contributed by atoms with Gasteiger partial charge in [0.05, 0.1) is 12.1 Å². The number of carboxylic acid groups (broad SMARTS) is 1. The van der Waals surface area contributed by atoms with Gasteiger partial charge in [0.25, 0.3) is 0 Å². The summed E-state index contributed by atoms with van der Waals surface area (Å²) in [5.41, 5.74) is 0.980. The van der Waals surface area contributed by atoms with Gasteiger partial charge in [-0.25, -0.2) is 4.98 Å².